The highest BCUT2D eigenvalue weighted by atomic mass is 16.6. The molecule has 3 rings (SSSR count). The second kappa shape index (κ2) is 8.57. The van der Waals surface area contributed by atoms with Crippen LogP contribution >= 0.6 is 0 Å². The molecule has 0 atom stereocenters. The molecular weight excluding hydrogens is 374 g/mol. The Bertz CT molecular complexity index is 747. The monoisotopic (exact) mass is 405 g/mol. The van der Waals surface area contributed by atoms with Crippen molar-refractivity contribution < 1.29 is 19.2 Å². The van der Waals surface area contributed by atoms with Crippen LogP contribution in [0.5, 0.6) is 5.75 Å². The van der Waals surface area contributed by atoms with E-state index >= 15 is 0 Å². The number of benzene rings is 1. The van der Waals surface area contributed by atoms with Crippen molar-refractivity contribution in [3.8, 4) is 5.75 Å². The minimum absolute atomic E-state index is 0.00175. The standard InChI is InChI=1S/C21H31N3O5/c1-21(2,3)29-20(25)16-13-22(14-16)12-15-7-9-23(10-8-15)17-5-6-18(24(26)27)19(11-17)28-4/h5-6,11,15-16H,7-10,12-14H2,1-4H3. The van der Waals surface area contributed by atoms with Crippen molar-refractivity contribution >= 4 is 17.3 Å². The van der Waals surface area contributed by atoms with Gasteiger partial charge in [-0.2, -0.15) is 0 Å². The Morgan fingerprint density at radius 1 is 1.24 bits per heavy atom. The number of hydrogen-bond acceptors (Lipinski definition) is 7. The normalized spacial score (nSPS) is 19.0. The van der Waals surface area contributed by atoms with Gasteiger partial charge < -0.3 is 19.3 Å². The van der Waals surface area contributed by atoms with E-state index in [2.05, 4.69) is 9.80 Å². The van der Waals surface area contributed by atoms with Gasteiger partial charge in [-0.05, 0) is 45.6 Å². The molecule has 0 unspecified atom stereocenters. The zero-order valence-corrected chi connectivity index (χ0v) is 17.7. The zero-order valence-electron chi connectivity index (χ0n) is 17.7. The molecule has 8 nitrogen and oxygen atoms in total. The van der Waals surface area contributed by atoms with E-state index in [9.17, 15) is 14.9 Å². The van der Waals surface area contributed by atoms with Crippen LogP contribution in [0.3, 0.4) is 0 Å². The summed E-state index contributed by atoms with van der Waals surface area (Å²) in [7, 11) is 1.45. The van der Waals surface area contributed by atoms with Gasteiger partial charge in [0.05, 0.1) is 18.0 Å². The molecule has 1 aromatic rings. The van der Waals surface area contributed by atoms with Crippen molar-refractivity contribution in [2.24, 2.45) is 11.8 Å². The minimum atomic E-state index is -0.426. The van der Waals surface area contributed by atoms with E-state index in [1.807, 2.05) is 20.8 Å². The third-order valence-electron chi connectivity index (χ3n) is 5.55. The number of nitrogens with zero attached hydrogens (tertiary/aromatic N) is 3. The molecule has 2 aliphatic heterocycles. The zero-order chi connectivity index (χ0) is 21.2. The number of esters is 1. The van der Waals surface area contributed by atoms with Crippen LogP contribution in [0, 0.1) is 22.0 Å². The number of rotatable bonds is 6. The number of carbonyl (C=O) groups excluding carboxylic acids is 1. The predicted octanol–water partition coefficient (Wildman–Crippen LogP) is 3.09. The van der Waals surface area contributed by atoms with Crippen molar-refractivity contribution in [3.05, 3.63) is 28.3 Å². The molecule has 2 fully saturated rings. The molecule has 0 bridgehead atoms. The average Bonchev–Trinajstić information content (AvgIpc) is 2.62. The van der Waals surface area contributed by atoms with Crippen LogP contribution in [-0.4, -0.2) is 61.2 Å². The Kier molecular flexibility index (Phi) is 6.31. The predicted molar refractivity (Wildman–Crippen MR) is 110 cm³/mol. The van der Waals surface area contributed by atoms with Crippen LogP contribution in [-0.2, 0) is 9.53 Å². The topological polar surface area (TPSA) is 85.2 Å². The maximum Gasteiger partial charge on any atom is 0.312 e. The lowest BCUT2D eigenvalue weighted by Crippen LogP contribution is -2.53. The van der Waals surface area contributed by atoms with Gasteiger partial charge in [-0.25, -0.2) is 0 Å². The van der Waals surface area contributed by atoms with Crippen LogP contribution in [0.1, 0.15) is 33.6 Å². The second-order valence-electron chi connectivity index (χ2n) is 8.99. The lowest BCUT2D eigenvalue weighted by molar-refractivity contribution is -0.385. The highest BCUT2D eigenvalue weighted by Crippen LogP contribution is 2.33. The molecule has 2 aliphatic rings. The first kappa shape index (κ1) is 21.4. The lowest BCUT2D eigenvalue weighted by atomic mass is 9.92. The molecule has 0 aromatic heterocycles. The number of hydrogen-bond donors (Lipinski definition) is 0. The number of nitro groups is 1. The molecule has 0 spiro atoms. The third-order valence-corrected chi connectivity index (χ3v) is 5.55. The van der Waals surface area contributed by atoms with Gasteiger partial charge in [0, 0.05) is 50.5 Å². The summed E-state index contributed by atoms with van der Waals surface area (Å²) in [6.07, 6.45) is 2.12. The maximum absolute atomic E-state index is 12.1. The van der Waals surface area contributed by atoms with Crippen molar-refractivity contribution in [1.82, 2.24) is 4.90 Å². The van der Waals surface area contributed by atoms with E-state index in [4.69, 9.17) is 9.47 Å². The SMILES string of the molecule is COc1cc(N2CCC(CN3CC(C(=O)OC(C)(C)C)C3)CC2)ccc1[N+](=O)[O-]. The molecule has 2 saturated heterocycles. The summed E-state index contributed by atoms with van der Waals surface area (Å²) in [5.41, 5.74) is 0.522. The molecular formula is C21H31N3O5. The van der Waals surface area contributed by atoms with Crippen molar-refractivity contribution in [3.63, 3.8) is 0 Å². The first-order chi connectivity index (χ1) is 13.7. The van der Waals surface area contributed by atoms with Gasteiger partial charge in [0.25, 0.3) is 0 Å². The van der Waals surface area contributed by atoms with E-state index in [1.54, 1.807) is 12.1 Å². The highest BCUT2D eigenvalue weighted by Gasteiger charge is 2.37. The molecule has 0 saturated carbocycles. The summed E-state index contributed by atoms with van der Waals surface area (Å²) in [6, 6.07) is 5.05. The van der Waals surface area contributed by atoms with Gasteiger partial charge in [-0.15, -0.1) is 0 Å². The molecule has 0 N–H and O–H groups in total. The summed E-state index contributed by atoms with van der Waals surface area (Å²) in [4.78, 5) is 27.3. The third kappa shape index (κ3) is 5.38. The van der Waals surface area contributed by atoms with Crippen LogP contribution in [0.2, 0.25) is 0 Å². The Balaban J connectivity index is 1.45. The van der Waals surface area contributed by atoms with Crippen LogP contribution < -0.4 is 9.64 Å². The van der Waals surface area contributed by atoms with Crippen LogP contribution in [0.15, 0.2) is 18.2 Å². The largest absolute Gasteiger partial charge is 0.490 e. The molecule has 1 aromatic carbocycles. The quantitative estimate of drug-likeness (QED) is 0.408. The second-order valence-corrected chi connectivity index (χ2v) is 8.99. The van der Waals surface area contributed by atoms with Crippen LogP contribution in [0.4, 0.5) is 11.4 Å². The van der Waals surface area contributed by atoms with E-state index in [0.717, 1.165) is 51.3 Å². The smallest absolute Gasteiger partial charge is 0.312 e. The molecule has 29 heavy (non-hydrogen) atoms. The van der Waals surface area contributed by atoms with E-state index < -0.39 is 10.5 Å². The fourth-order valence-electron chi connectivity index (χ4n) is 4.01. The Labute approximate surface area is 171 Å². The van der Waals surface area contributed by atoms with Gasteiger partial charge in [-0.3, -0.25) is 14.9 Å². The molecule has 0 radical (unpaired) electrons. The summed E-state index contributed by atoms with van der Waals surface area (Å²) < 4.78 is 10.6. The number of likely N-dealkylation sites (tertiary alicyclic amines) is 1. The number of nitro benzene ring substituents is 1. The minimum Gasteiger partial charge on any atom is -0.490 e. The number of methoxy groups -OCH3 is 1. The first-order valence-corrected chi connectivity index (χ1v) is 10.2. The molecule has 0 aliphatic carbocycles. The fourth-order valence-corrected chi connectivity index (χ4v) is 4.01. The van der Waals surface area contributed by atoms with Crippen molar-refractivity contribution in [1.29, 1.82) is 0 Å². The van der Waals surface area contributed by atoms with Crippen molar-refractivity contribution in [2.75, 3.05) is 44.7 Å². The molecule has 8 heteroatoms. The maximum atomic E-state index is 12.1. The molecule has 0 amide bonds. The van der Waals surface area contributed by atoms with E-state index in [0.29, 0.717) is 11.7 Å². The van der Waals surface area contributed by atoms with Crippen molar-refractivity contribution in [2.45, 2.75) is 39.2 Å². The van der Waals surface area contributed by atoms with E-state index in [1.165, 1.54) is 13.2 Å². The fraction of sp³-hybridized carbons (Fsp3) is 0.667. The number of anilines is 1. The summed E-state index contributed by atoms with van der Waals surface area (Å²) in [5.74, 6) is 0.812. The van der Waals surface area contributed by atoms with E-state index in [-0.39, 0.29) is 17.6 Å². The van der Waals surface area contributed by atoms with Gasteiger partial charge in [-0.1, -0.05) is 0 Å². The summed E-state index contributed by atoms with van der Waals surface area (Å²) >= 11 is 0. The Morgan fingerprint density at radius 3 is 2.45 bits per heavy atom. The Morgan fingerprint density at radius 2 is 1.90 bits per heavy atom. The number of carbonyl (C=O) groups is 1. The van der Waals surface area contributed by atoms with Gasteiger partial charge in [0.2, 0.25) is 0 Å². The van der Waals surface area contributed by atoms with Gasteiger partial charge >= 0.3 is 11.7 Å². The highest BCUT2D eigenvalue weighted by molar-refractivity contribution is 5.74. The number of piperidine rings is 1. The first-order valence-electron chi connectivity index (χ1n) is 10.2. The van der Waals surface area contributed by atoms with Crippen LogP contribution in [0.25, 0.3) is 0 Å². The van der Waals surface area contributed by atoms with Gasteiger partial charge in [0.15, 0.2) is 5.75 Å². The van der Waals surface area contributed by atoms with Gasteiger partial charge in [0.1, 0.15) is 5.60 Å². The number of ether oxygens (including phenoxy) is 2. The molecule has 160 valence electrons. The molecule has 2 heterocycles. The summed E-state index contributed by atoms with van der Waals surface area (Å²) in [5, 5.41) is 11.1. The lowest BCUT2D eigenvalue weighted by Gasteiger charge is -2.42. The Hall–Kier alpha value is -2.35. The summed E-state index contributed by atoms with van der Waals surface area (Å²) in [6.45, 7) is 10.1. The average molecular weight is 405 g/mol.